The van der Waals surface area contributed by atoms with Crippen molar-refractivity contribution in [1.29, 1.82) is 0 Å². The van der Waals surface area contributed by atoms with Crippen LogP contribution in [0.25, 0.3) is 10.1 Å². The van der Waals surface area contributed by atoms with Crippen molar-refractivity contribution >= 4 is 44.6 Å². The first kappa shape index (κ1) is 12.7. The first-order valence-electron chi connectivity index (χ1n) is 7.22. The van der Waals surface area contributed by atoms with Crippen molar-refractivity contribution in [2.45, 2.75) is 5.66 Å². The van der Waals surface area contributed by atoms with Crippen LogP contribution in [0.5, 0.6) is 0 Å². The zero-order valence-electron chi connectivity index (χ0n) is 11.8. The standard InChI is InChI=1S/C17H11N3O2S/c21-15-14-13(9-5-1-4-8-12(9)23-14)19-17(20-15)10-6-2-3-7-11(10)18-16(17)22/h1-8,19H,(H,18,22)(H,20,21)/t17-/m1/s1. The van der Waals surface area contributed by atoms with E-state index in [0.717, 1.165) is 21.3 Å². The van der Waals surface area contributed by atoms with Crippen molar-refractivity contribution in [3.8, 4) is 0 Å². The molecule has 0 aliphatic carbocycles. The lowest BCUT2D eigenvalue weighted by molar-refractivity contribution is -0.120. The van der Waals surface area contributed by atoms with Crippen LogP contribution in [0, 0.1) is 0 Å². The zero-order valence-corrected chi connectivity index (χ0v) is 12.7. The van der Waals surface area contributed by atoms with E-state index in [9.17, 15) is 9.59 Å². The average molecular weight is 321 g/mol. The van der Waals surface area contributed by atoms with Crippen LogP contribution in [0.15, 0.2) is 48.5 Å². The van der Waals surface area contributed by atoms with Gasteiger partial charge in [0.05, 0.1) is 5.69 Å². The summed E-state index contributed by atoms with van der Waals surface area (Å²) in [5.74, 6) is -0.500. The number of para-hydroxylation sites is 1. The van der Waals surface area contributed by atoms with Gasteiger partial charge in [-0.2, -0.15) is 0 Å². The van der Waals surface area contributed by atoms with Gasteiger partial charge in [0.1, 0.15) is 4.88 Å². The Labute approximate surface area is 135 Å². The fourth-order valence-corrected chi connectivity index (χ4v) is 4.33. The number of hydrogen-bond acceptors (Lipinski definition) is 4. The molecule has 0 bridgehead atoms. The van der Waals surface area contributed by atoms with Gasteiger partial charge in [0.2, 0.25) is 5.66 Å². The second-order valence-corrected chi connectivity index (χ2v) is 6.68. The molecule has 5 rings (SSSR count). The Kier molecular flexibility index (Phi) is 2.26. The number of anilines is 2. The second kappa shape index (κ2) is 4.11. The van der Waals surface area contributed by atoms with Gasteiger partial charge in [-0.1, -0.05) is 36.4 Å². The number of benzene rings is 2. The molecule has 3 aromatic rings. The second-order valence-electron chi connectivity index (χ2n) is 5.63. The maximum atomic E-state index is 12.7. The maximum Gasteiger partial charge on any atom is 0.275 e. The minimum Gasteiger partial charge on any atom is -0.349 e. The molecule has 3 N–H and O–H groups in total. The highest BCUT2D eigenvalue weighted by molar-refractivity contribution is 7.21. The van der Waals surface area contributed by atoms with Gasteiger partial charge in [-0.25, -0.2) is 0 Å². The van der Waals surface area contributed by atoms with Crippen molar-refractivity contribution < 1.29 is 9.59 Å². The van der Waals surface area contributed by atoms with Gasteiger partial charge in [-0.3, -0.25) is 9.59 Å². The molecule has 2 aliphatic rings. The fraction of sp³-hybridized carbons (Fsp3) is 0.0588. The molecule has 2 aliphatic heterocycles. The summed E-state index contributed by atoms with van der Waals surface area (Å²) in [4.78, 5) is 25.9. The SMILES string of the molecule is O=C1N[C@@]2(Nc3c1sc1ccccc31)C(=O)Nc1ccccc12. The molecule has 0 saturated carbocycles. The fourth-order valence-electron chi connectivity index (χ4n) is 3.28. The summed E-state index contributed by atoms with van der Waals surface area (Å²) >= 11 is 1.43. The largest absolute Gasteiger partial charge is 0.349 e. The number of nitrogens with one attached hydrogen (secondary N) is 3. The predicted molar refractivity (Wildman–Crippen MR) is 89.7 cm³/mol. The number of thiophene rings is 1. The minimum atomic E-state index is -1.25. The first-order chi connectivity index (χ1) is 11.2. The Morgan fingerprint density at radius 3 is 2.61 bits per heavy atom. The molecule has 0 fully saturated rings. The molecule has 23 heavy (non-hydrogen) atoms. The van der Waals surface area contributed by atoms with Gasteiger partial charge in [0.25, 0.3) is 11.8 Å². The van der Waals surface area contributed by atoms with Crippen molar-refractivity contribution in [1.82, 2.24) is 5.32 Å². The number of hydrogen-bond donors (Lipinski definition) is 3. The maximum absolute atomic E-state index is 12.7. The molecule has 0 radical (unpaired) electrons. The van der Waals surface area contributed by atoms with Crippen molar-refractivity contribution in [3.05, 3.63) is 59.0 Å². The molecule has 2 amide bonds. The van der Waals surface area contributed by atoms with E-state index in [1.165, 1.54) is 11.3 Å². The molecule has 1 atom stereocenters. The highest BCUT2D eigenvalue weighted by atomic mass is 32.1. The molecule has 3 heterocycles. The highest BCUT2D eigenvalue weighted by Crippen LogP contribution is 2.45. The quantitative estimate of drug-likeness (QED) is 0.596. The Balaban J connectivity index is 1.77. The third kappa shape index (κ3) is 1.50. The van der Waals surface area contributed by atoms with E-state index in [1.807, 2.05) is 48.5 Å². The highest BCUT2D eigenvalue weighted by Gasteiger charge is 2.51. The number of fused-ring (bicyclic) bond motifs is 5. The van der Waals surface area contributed by atoms with E-state index in [2.05, 4.69) is 16.0 Å². The molecule has 0 unspecified atom stereocenters. The summed E-state index contributed by atoms with van der Waals surface area (Å²) in [6, 6.07) is 15.2. The number of rotatable bonds is 0. The van der Waals surface area contributed by atoms with E-state index >= 15 is 0 Å². The third-order valence-electron chi connectivity index (χ3n) is 4.34. The zero-order chi connectivity index (χ0) is 15.6. The molecular formula is C17H11N3O2S. The van der Waals surface area contributed by atoms with E-state index < -0.39 is 5.66 Å². The van der Waals surface area contributed by atoms with Crippen LogP contribution in [0.3, 0.4) is 0 Å². The Bertz CT molecular complexity index is 1010. The molecule has 1 aromatic heterocycles. The number of carbonyl (C=O) groups excluding carboxylic acids is 2. The van der Waals surface area contributed by atoms with Crippen LogP contribution < -0.4 is 16.0 Å². The van der Waals surface area contributed by atoms with Crippen molar-refractivity contribution in [2.24, 2.45) is 0 Å². The van der Waals surface area contributed by atoms with Crippen LogP contribution in [0.2, 0.25) is 0 Å². The minimum absolute atomic E-state index is 0.230. The van der Waals surface area contributed by atoms with Gasteiger partial charge in [0, 0.05) is 21.3 Å². The van der Waals surface area contributed by atoms with Crippen LogP contribution in [0.4, 0.5) is 11.4 Å². The van der Waals surface area contributed by atoms with Crippen LogP contribution in [-0.4, -0.2) is 11.8 Å². The molecule has 2 aromatic carbocycles. The smallest absolute Gasteiger partial charge is 0.275 e. The molecule has 6 heteroatoms. The first-order valence-corrected chi connectivity index (χ1v) is 8.04. The lowest BCUT2D eigenvalue weighted by Gasteiger charge is -2.34. The lowest BCUT2D eigenvalue weighted by atomic mass is 9.97. The van der Waals surface area contributed by atoms with E-state index in [0.29, 0.717) is 10.6 Å². The molecule has 5 nitrogen and oxygen atoms in total. The van der Waals surface area contributed by atoms with Crippen LogP contribution in [-0.2, 0) is 10.5 Å². The average Bonchev–Trinajstić information content (AvgIpc) is 3.06. The van der Waals surface area contributed by atoms with E-state index in [-0.39, 0.29) is 11.8 Å². The lowest BCUT2D eigenvalue weighted by Crippen LogP contribution is -2.58. The molecule has 0 saturated heterocycles. The van der Waals surface area contributed by atoms with Gasteiger partial charge in [-0.05, 0) is 12.1 Å². The topological polar surface area (TPSA) is 70.2 Å². The van der Waals surface area contributed by atoms with Crippen LogP contribution >= 0.6 is 11.3 Å². The Hall–Kier alpha value is -2.86. The summed E-state index contributed by atoms with van der Waals surface area (Å²) in [6.07, 6.45) is 0. The number of amides is 2. The van der Waals surface area contributed by atoms with Crippen molar-refractivity contribution in [3.63, 3.8) is 0 Å². The normalized spacial score (nSPS) is 21.6. The Morgan fingerprint density at radius 2 is 1.70 bits per heavy atom. The molecule has 112 valence electrons. The Morgan fingerprint density at radius 1 is 0.913 bits per heavy atom. The van der Waals surface area contributed by atoms with E-state index in [1.54, 1.807) is 0 Å². The molecular weight excluding hydrogens is 310 g/mol. The summed E-state index contributed by atoms with van der Waals surface area (Å²) in [5.41, 5.74) is 0.929. The van der Waals surface area contributed by atoms with Gasteiger partial charge in [-0.15, -0.1) is 11.3 Å². The summed E-state index contributed by atoms with van der Waals surface area (Å²) in [7, 11) is 0. The van der Waals surface area contributed by atoms with E-state index in [4.69, 9.17) is 0 Å². The molecule has 1 spiro atoms. The summed E-state index contributed by atoms with van der Waals surface area (Å²) < 4.78 is 1.02. The third-order valence-corrected chi connectivity index (χ3v) is 5.50. The predicted octanol–water partition coefficient (Wildman–Crippen LogP) is 2.86. The van der Waals surface area contributed by atoms with Gasteiger partial charge < -0.3 is 16.0 Å². The monoisotopic (exact) mass is 321 g/mol. The van der Waals surface area contributed by atoms with Gasteiger partial charge >= 0.3 is 0 Å². The van der Waals surface area contributed by atoms with Crippen LogP contribution in [0.1, 0.15) is 15.2 Å². The van der Waals surface area contributed by atoms with Gasteiger partial charge in [0.15, 0.2) is 0 Å². The number of carbonyl (C=O) groups is 2. The summed E-state index contributed by atoms with van der Waals surface area (Å²) in [5, 5.41) is 9.96. The summed E-state index contributed by atoms with van der Waals surface area (Å²) in [6.45, 7) is 0. The van der Waals surface area contributed by atoms with Crippen molar-refractivity contribution in [2.75, 3.05) is 10.6 Å².